The summed E-state index contributed by atoms with van der Waals surface area (Å²) < 4.78 is 13.8. The lowest BCUT2D eigenvalue weighted by molar-refractivity contribution is 0.141. The second kappa shape index (κ2) is 5.62. The smallest absolute Gasteiger partial charge is 0.129 e. The molecule has 6 heteroatoms. The Morgan fingerprint density at radius 2 is 2.29 bits per heavy atom. The zero-order valence-electron chi connectivity index (χ0n) is 9.74. The van der Waals surface area contributed by atoms with E-state index >= 15 is 0 Å². The third kappa shape index (κ3) is 2.86. The maximum atomic E-state index is 6.17. The molecule has 1 heterocycles. The molecule has 0 saturated heterocycles. The second-order valence-corrected chi connectivity index (χ2v) is 4.69. The first-order valence-electron chi connectivity index (χ1n) is 5.47. The first-order chi connectivity index (χ1) is 8.22. The van der Waals surface area contributed by atoms with Crippen molar-refractivity contribution in [1.29, 1.82) is 0 Å². The van der Waals surface area contributed by atoms with Crippen molar-refractivity contribution in [3.05, 3.63) is 17.2 Å². The van der Waals surface area contributed by atoms with Crippen molar-refractivity contribution in [2.75, 3.05) is 18.5 Å². The van der Waals surface area contributed by atoms with Gasteiger partial charge in [-0.25, -0.2) is 0 Å². The highest BCUT2D eigenvalue weighted by molar-refractivity contribution is 7.00. The minimum atomic E-state index is 0.180. The summed E-state index contributed by atoms with van der Waals surface area (Å²) in [5.74, 6) is 0. The molecule has 4 nitrogen and oxygen atoms in total. The number of fused-ring (bicyclic) bond motifs is 1. The van der Waals surface area contributed by atoms with Crippen LogP contribution in [0.25, 0.3) is 11.0 Å². The van der Waals surface area contributed by atoms with Crippen molar-refractivity contribution in [3.63, 3.8) is 0 Å². The first kappa shape index (κ1) is 12.5. The Kier molecular flexibility index (Phi) is 4.15. The molecule has 17 heavy (non-hydrogen) atoms. The van der Waals surface area contributed by atoms with Gasteiger partial charge in [-0.3, -0.25) is 0 Å². The van der Waals surface area contributed by atoms with Gasteiger partial charge in [-0.05, 0) is 26.0 Å². The van der Waals surface area contributed by atoms with Crippen molar-refractivity contribution < 1.29 is 4.74 Å². The fourth-order valence-corrected chi connectivity index (χ4v) is 2.30. The molecule has 92 valence electrons. The lowest BCUT2D eigenvalue weighted by Gasteiger charge is -2.16. The van der Waals surface area contributed by atoms with Gasteiger partial charge in [0.25, 0.3) is 0 Å². The molecule has 1 aromatic heterocycles. The molecule has 0 fully saturated rings. The van der Waals surface area contributed by atoms with Crippen molar-refractivity contribution in [1.82, 2.24) is 8.75 Å². The van der Waals surface area contributed by atoms with Gasteiger partial charge in [-0.1, -0.05) is 11.6 Å². The quantitative estimate of drug-likeness (QED) is 0.907. The van der Waals surface area contributed by atoms with E-state index in [2.05, 4.69) is 14.1 Å². The molecule has 0 aliphatic heterocycles. The maximum absolute atomic E-state index is 6.17. The molecule has 0 spiro atoms. The summed E-state index contributed by atoms with van der Waals surface area (Å²) >= 11 is 7.36. The predicted molar refractivity (Wildman–Crippen MR) is 72.0 cm³/mol. The number of ether oxygens (including phenoxy) is 1. The number of aromatic nitrogens is 2. The third-order valence-electron chi connectivity index (χ3n) is 2.34. The maximum Gasteiger partial charge on any atom is 0.129 e. The lowest BCUT2D eigenvalue weighted by atomic mass is 10.2. The number of nitrogens with zero attached hydrogens (tertiary/aromatic N) is 2. The second-order valence-electron chi connectivity index (χ2n) is 3.76. The zero-order chi connectivity index (χ0) is 12.3. The van der Waals surface area contributed by atoms with E-state index in [1.807, 2.05) is 26.0 Å². The van der Waals surface area contributed by atoms with E-state index in [9.17, 15) is 0 Å². The summed E-state index contributed by atoms with van der Waals surface area (Å²) in [7, 11) is 0. The summed E-state index contributed by atoms with van der Waals surface area (Å²) in [6.07, 6.45) is 0. The van der Waals surface area contributed by atoms with Gasteiger partial charge in [0.2, 0.25) is 0 Å². The fourth-order valence-electron chi connectivity index (χ4n) is 1.55. The van der Waals surface area contributed by atoms with Gasteiger partial charge in [0, 0.05) is 12.6 Å². The average molecular weight is 272 g/mol. The molecular formula is C11H14ClN3OS. The molecule has 0 bridgehead atoms. The van der Waals surface area contributed by atoms with Crippen molar-refractivity contribution >= 4 is 40.0 Å². The topological polar surface area (TPSA) is 47.0 Å². The molecule has 0 radical (unpaired) electrons. The van der Waals surface area contributed by atoms with Crippen molar-refractivity contribution in [3.8, 4) is 0 Å². The Bertz CT molecular complexity index is 502. The van der Waals surface area contributed by atoms with Crippen molar-refractivity contribution in [2.45, 2.75) is 19.9 Å². The number of benzene rings is 1. The number of hydrogen-bond donors (Lipinski definition) is 1. The molecule has 0 saturated carbocycles. The molecule has 2 aromatic rings. The van der Waals surface area contributed by atoms with Crippen LogP contribution in [-0.2, 0) is 4.74 Å². The van der Waals surface area contributed by atoms with E-state index in [1.165, 1.54) is 11.7 Å². The lowest BCUT2D eigenvalue weighted by Crippen LogP contribution is -2.22. The van der Waals surface area contributed by atoms with Crippen LogP contribution in [0.1, 0.15) is 13.8 Å². The van der Waals surface area contributed by atoms with Gasteiger partial charge in [-0.15, -0.1) is 0 Å². The molecular weight excluding hydrogens is 258 g/mol. The summed E-state index contributed by atoms with van der Waals surface area (Å²) in [5.41, 5.74) is 2.53. The number of hydrogen-bond acceptors (Lipinski definition) is 5. The van der Waals surface area contributed by atoms with E-state index in [-0.39, 0.29) is 6.04 Å². The van der Waals surface area contributed by atoms with Crippen LogP contribution in [0.5, 0.6) is 0 Å². The van der Waals surface area contributed by atoms with Crippen LogP contribution in [0, 0.1) is 0 Å². The normalized spacial score (nSPS) is 12.9. The summed E-state index contributed by atoms with van der Waals surface area (Å²) in [6, 6.07) is 3.89. The highest BCUT2D eigenvalue weighted by Crippen LogP contribution is 2.30. The molecule has 1 atom stereocenters. The van der Waals surface area contributed by atoms with Gasteiger partial charge >= 0.3 is 0 Å². The van der Waals surface area contributed by atoms with Gasteiger partial charge in [0.05, 0.1) is 29.0 Å². The SMILES string of the molecule is CCOCC(C)Nc1c(Cl)ccc2nsnc12. The van der Waals surface area contributed by atoms with Gasteiger partial charge in [0.15, 0.2) is 0 Å². The van der Waals surface area contributed by atoms with Crippen LogP contribution in [0.15, 0.2) is 12.1 Å². The highest BCUT2D eigenvalue weighted by atomic mass is 35.5. The van der Waals surface area contributed by atoms with E-state index in [1.54, 1.807) is 0 Å². The van der Waals surface area contributed by atoms with Crippen LogP contribution in [-0.4, -0.2) is 28.0 Å². The Morgan fingerprint density at radius 1 is 1.47 bits per heavy atom. The predicted octanol–water partition coefficient (Wildman–Crippen LogP) is 3.18. The van der Waals surface area contributed by atoms with Crippen LogP contribution in [0.4, 0.5) is 5.69 Å². The first-order valence-corrected chi connectivity index (χ1v) is 6.58. The Morgan fingerprint density at radius 3 is 3.06 bits per heavy atom. The molecule has 1 N–H and O–H groups in total. The van der Waals surface area contributed by atoms with Crippen LogP contribution in [0.2, 0.25) is 5.02 Å². The number of anilines is 1. The Balaban J connectivity index is 2.22. The molecule has 1 aromatic carbocycles. The molecule has 1 unspecified atom stereocenters. The molecule has 2 rings (SSSR count). The van der Waals surface area contributed by atoms with Crippen molar-refractivity contribution in [2.24, 2.45) is 0 Å². The molecule has 0 aliphatic rings. The van der Waals surface area contributed by atoms with E-state index < -0.39 is 0 Å². The summed E-state index contributed by atoms with van der Waals surface area (Å²) in [4.78, 5) is 0. The Labute approximate surface area is 109 Å². The van der Waals surface area contributed by atoms with E-state index in [0.717, 1.165) is 16.7 Å². The van der Waals surface area contributed by atoms with Gasteiger partial charge in [-0.2, -0.15) is 8.75 Å². The minimum absolute atomic E-state index is 0.180. The average Bonchev–Trinajstić information content (AvgIpc) is 2.78. The number of nitrogens with one attached hydrogen (secondary N) is 1. The monoisotopic (exact) mass is 271 g/mol. The van der Waals surface area contributed by atoms with Gasteiger partial charge < -0.3 is 10.1 Å². The highest BCUT2D eigenvalue weighted by Gasteiger charge is 2.12. The van der Waals surface area contributed by atoms with E-state index in [0.29, 0.717) is 18.2 Å². The molecule has 0 amide bonds. The van der Waals surface area contributed by atoms with E-state index in [4.69, 9.17) is 16.3 Å². The molecule has 0 aliphatic carbocycles. The van der Waals surface area contributed by atoms with Crippen LogP contribution >= 0.6 is 23.3 Å². The van der Waals surface area contributed by atoms with Gasteiger partial charge in [0.1, 0.15) is 11.0 Å². The Hall–Kier alpha value is -0.910. The zero-order valence-corrected chi connectivity index (χ0v) is 11.3. The van der Waals surface area contributed by atoms with Crippen LogP contribution in [0.3, 0.4) is 0 Å². The fraction of sp³-hybridized carbons (Fsp3) is 0.455. The summed E-state index contributed by atoms with van der Waals surface area (Å²) in [5, 5.41) is 3.98. The minimum Gasteiger partial charge on any atom is -0.380 e. The third-order valence-corrected chi connectivity index (χ3v) is 3.20. The largest absolute Gasteiger partial charge is 0.380 e. The standard InChI is InChI=1S/C11H14ClN3OS/c1-3-16-6-7(2)13-10-8(12)4-5-9-11(10)15-17-14-9/h4-5,7,13H,3,6H2,1-2H3. The summed E-state index contributed by atoms with van der Waals surface area (Å²) in [6.45, 7) is 5.37. The number of rotatable bonds is 5. The van der Waals surface area contributed by atoms with Crippen LogP contribution < -0.4 is 5.32 Å². The number of halogens is 1.